The lowest BCUT2D eigenvalue weighted by Gasteiger charge is -2.07. The van der Waals surface area contributed by atoms with Crippen LogP contribution in [-0.2, 0) is 23.7 Å². The molecule has 0 spiro atoms. The van der Waals surface area contributed by atoms with Crippen LogP contribution >= 0.6 is 0 Å². The maximum absolute atomic E-state index is 10.1. The topological polar surface area (TPSA) is 77.0 Å². The van der Waals surface area contributed by atoms with Crippen molar-refractivity contribution in [1.82, 2.24) is 0 Å². The number of carboxylic acids is 1. The third-order valence-corrected chi connectivity index (χ3v) is 3.98. The first-order valence-corrected chi connectivity index (χ1v) is 10.3. The fourth-order valence-corrected chi connectivity index (χ4v) is 2.51. The molecule has 156 valence electrons. The molecule has 26 heavy (non-hydrogen) atoms. The Balaban J connectivity index is 2.98. The molecule has 0 radical (unpaired) electrons. The lowest BCUT2D eigenvalue weighted by atomic mass is 10.1. The van der Waals surface area contributed by atoms with Crippen molar-refractivity contribution in [3.05, 3.63) is 0 Å². The minimum absolute atomic E-state index is 0.246. The van der Waals surface area contributed by atoms with Crippen molar-refractivity contribution in [3.63, 3.8) is 0 Å². The first kappa shape index (κ1) is 25.3. The number of unbranched alkanes of at least 4 members (excludes halogenated alkanes) is 9. The molecule has 0 saturated heterocycles. The summed E-state index contributed by atoms with van der Waals surface area (Å²) in [7, 11) is 0. The van der Waals surface area contributed by atoms with E-state index in [1.807, 2.05) is 0 Å². The minimum Gasteiger partial charge on any atom is -0.548 e. The molecule has 6 heteroatoms. The van der Waals surface area contributed by atoms with Gasteiger partial charge in [-0.15, -0.1) is 0 Å². The van der Waals surface area contributed by atoms with Crippen LogP contribution in [0.25, 0.3) is 0 Å². The number of aliphatic carboxylic acids is 1. The maximum atomic E-state index is 10.1. The average Bonchev–Trinajstić information content (AvgIpc) is 2.62. The lowest BCUT2D eigenvalue weighted by Crippen LogP contribution is -2.28. The second kappa shape index (κ2) is 22.4. The van der Waals surface area contributed by atoms with Gasteiger partial charge in [0, 0.05) is 6.61 Å². The molecule has 0 atom stereocenters. The molecule has 0 unspecified atom stereocenters. The molecule has 0 fully saturated rings. The highest BCUT2D eigenvalue weighted by Gasteiger charge is 1.95. The van der Waals surface area contributed by atoms with Gasteiger partial charge in [-0.3, -0.25) is 0 Å². The summed E-state index contributed by atoms with van der Waals surface area (Å²) < 4.78 is 20.9. The molecule has 0 aromatic rings. The van der Waals surface area contributed by atoms with Crippen molar-refractivity contribution >= 4 is 5.97 Å². The van der Waals surface area contributed by atoms with Crippen LogP contribution in [0.1, 0.15) is 71.1 Å². The van der Waals surface area contributed by atoms with Crippen LogP contribution in [0.2, 0.25) is 0 Å². The largest absolute Gasteiger partial charge is 0.548 e. The standard InChI is InChI=1S/C20H40O6/c1-2-3-4-5-6-7-8-9-10-11-12-23-13-14-24-15-16-25-17-18-26-19-20(21)22/h2-19H2,1H3,(H,21,22)/p-1. The van der Waals surface area contributed by atoms with Crippen LogP contribution in [-0.4, -0.2) is 58.8 Å². The molecule has 0 saturated carbocycles. The van der Waals surface area contributed by atoms with Gasteiger partial charge >= 0.3 is 0 Å². The normalized spacial score (nSPS) is 11.1. The van der Waals surface area contributed by atoms with Gasteiger partial charge in [0.1, 0.15) is 0 Å². The van der Waals surface area contributed by atoms with Crippen molar-refractivity contribution in [2.75, 3.05) is 52.9 Å². The van der Waals surface area contributed by atoms with Crippen LogP contribution in [0.15, 0.2) is 0 Å². The Morgan fingerprint density at radius 2 is 0.962 bits per heavy atom. The number of carboxylic acid groups (broad SMARTS) is 1. The summed E-state index contributed by atoms with van der Waals surface area (Å²) in [6.07, 6.45) is 13.3. The van der Waals surface area contributed by atoms with Gasteiger partial charge in [-0.25, -0.2) is 0 Å². The van der Waals surface area contributed by atoms with E-state index in [1.165, 1.54) is 57.8 Å². The van der Waals surface area contributed by atoms with E-state index in [2.05, 4.69) is 6.92 Å². The number of hydrogen-bond acceptors (Lipinski definition) is 6. The molecule has 0 aliphatic carbocycles. The van der Waals surface area contributed by atoms with Crippen LogP contribution in [0.3, 0.4) is 0 Å². The summed E-state index contributed by atoms with van der Waals surface area (Å²) >= 11 is 0. The second-order valence-corrected chi connectivity index (χ2v) is 6.44. The summed E-state index contributed by atoms with van der Waals surface area (Å²) in [6.45, 7) is 5.43. The maximum Gasteiger partial charge on any atom is 0.0862 e. The summed E-state index contributed by atoms with van der Waals surface area (Å²) in [6, 6.07) is 0. The van der Waals surface area contributed by atoms with Gasteiger partial charge in [0.05, 0.1) is 52.2 Å². The first-order valence-electron chi connectivity index (χ1n) is 10.3. The van der Waals surface area contributed by atoms with Gasteiger partial charge in [-0.1, -0.05) is 64.7 Å². The highest BCUT2D eigenvalue weighted by molar-refractivity contribution is 5.65. The molecule has 0 aromatic heterocycles. The van der Waals surface area contributed by atoms with Crippen molar-refractivity contribution in [2.45, 2.75) is 71.1 Å². The predicted octanol–water partition coefficient (Wildman–Crippen LogP) is 2.72. The highest BCUT2D eigenvalue weighted by atomic mass is 16.6. The van der Waals surface area contributed by atoms with Crippen LogP contribution in [0.4, 0.5) is 0 Å². The fourth-order valence-electron chi connectivity index (χ4n) is 2.51. The van der Waals surface area contributed by atoms with E-state index >= 15 is 0 Å². The molecule has 0 aromatic carbocycles. The zero-order chi connectivity index (χ0) is 19.1. The summed E-state index contributed by atoms with van der Waals surface area (Å²) in [5, 5.41) is 10.1. The number of hydrogen-bond donors (Lipinski definition) is 0. The molecular weight excluding hydrogens is 336 g/mol. The van der Waals surface area contributed by atoms with Crippen molar-refractivity contribution in [2.24, 2.45) is 0 Å². The zero-order valence-electron chi connectivity index (χ0n) is 16.7. The SMILES string of the molecule is CCCCCCCCCCCCOCCOCCOCCOCC(=O)[O-]. The molecule has 6 nitrogen and oxygen atoms in total. The van der Waals surface area contributed by atoms with Gasteiger partial charge in [0.2, 0.25) is 0 Å². The zero-order valence-corrected chi connectivity index (χ0v) is 16.7. The van der Waals surface area contributed by atoms with Gasteiger partial charge in [0.25, 0.3) is 0 Å². The van der Waals surface area contributed by atoms with E-state index in [0.717, 1.165) is 13.0 Å². The molecule has 0 heterocycles. The summed E-state index contributed by atoms with van der Waals surface area (Å²) in [4.78, 5) is 10.1. The number of rotatable bonds is 22. The van der Waals surface area contributed by atoms with Crippen LogP contribution in [0, 0.1) is 0 Å². The highest BCUT2D eigenvalue weighted by Crippen LogP contribution is 2.10. The summed E-state index contributed by atoms with van der Waals surface area (Å²) in [5.41, 5.74) is 0. The molecule has 0 rings (SSSR count). The third-order valence-electron chi connectivity index (χ3n) is 3.98. The Morgan fingerprint density at radius 1 is 0.577 bits per heavy atom. The molecule has 0 bridgehead atoms. The Morgan fingerprint density at radius 3 is 1.42 bits per heavy atom. The summed E-state index contributed by atoms with van der Waals surface area (Å²) in [5.74, 6) is -1.22. The molecule has 0 aliphatic heterocycles. The minimum atomic E-state index is -1.22. The number of carbonyl (C=O) groups is 1. The number of ether oxygens (including phenoxy) is 4. The van der Waals surface area contributed by atoms with E-state index < -0.39 is 12.6 Å². The predicted molar refractivity (Wildman–Crippen MR) is 100 cm³/mol. The van der Waals surface area contributed by atoms with Crippen LogP contribution in [0.5, 0.6) is 0 Å². The Hall–Kier alpha value is -0.690. The van der Waals surface area contributed by atoms with E-state index in [4.69, 9.17) is 18.9 Å². The number of carbonyl (C=O) groups excluding carboxylic acids is 1. The van der Waals surface area contributed by atoms with E-state index in [-0.39, 0.29) is 6.61 Å². The third kappa shape index (κ3) is 23.3. The quantitative estimate of drug-likeness (QED) is 0.271. The van der Waals surface area contributed by atoms with Crippen LogP contribution < -0.4 is 5.11 Å². The average molecular weight is 376 g/mol. The smallest absolute Gasteiger partial charge is 0.0862 e. The Kier molecular flexibility index (Phi) is 21.8. The molecule has 0 N–H and O–H groups in total. The van der Waals surface area contributed by atoms with E-state index in [9.17, 15) is 9.90 Å². The van der Waals surface area contributed by atoms with Gasteiger partial charge in [0.15, 0.2) is 0 Å². The molecule has 0 aliphatic rings. The van der Waals surface area contributed by atoms with E-state index in [0.29, 0.717) is 33.0 Å². The van der Waals surface area contributed by atoms with E-state index in [1.54, 1.807) is 0 Å². The lowest BCUT2D eigenvalue weighted by molar-refractivity contribution is -0.309. The van der Waals surface area contributed by atoms with Crippen molar-refractivity contribution in [1.29, 1.82) is 0 Å². The fraction of sp³-hybridized carbons (Fsp3) is 0.950. The Labute approximate surface area is 159 Å². The monoisotopic (exact) mass is 375 g/mol. The Bertz CT molecular complexity index is 285. The van der Waals surface area contributed by atoms with Gasteiger partial charge < -0.3 is 28.8 Å². The van der Waals surface area contributed by atoms with Crippen molar-refractivity contribution < 1.29 is 28.8 Å². The van der Waals surface area contributed by atoms with Gasteiger partial charge in [-0.2, -0.15) is 0 Å². The molecular formula is C20H39O6-. The van der Waals surface area contributed by atoms with Gasteiger partial charge in [-0.05, 0) is 6.42 Å². The second-order valence-electron chi connectivity index (χ2n) is 6.44. The molecule has 0 amide bonds. The van der Waals surface area contributed by atoms with Crippen molar-refractivity contribution in [3.8, 4) is 0 Å². The first-order chi connectivity index (χ1) is 12.8.